The van der Waals surface area contributed by atoms with Crippen molar-refractivity contribution in [3.63, 3.8) is 0 Å². The summed E-state index contributed by atoms with van der Waals surface area (Å²) in [6.07, 6.45) is 3.27. The molecular weight excluding hydrogens is 254 g/mol. The molecule has 1 aromatic heterocycles. The summed E-state index contributed by atoms with van der Waals surface area (Å²) in [6, 6.07) is 3.75. The standard InChI is InChI=1S/C14H21N5O/c15-4-3-13(16)12-1-2-14(18-11-12)17-5-6-19-7-9-20-10-8-19/h1-2,4,11,15-16H,3,5-10H2,(H,17,18). The van der Waals surface area contributed by atoms with Crippen molar-refractivity contribution in [2.24, 2.45) is 0 Å². The molecule has 1 fully saturated rings. The number of hydrogen-bond donors (Lipinski definition) is 3. The van der Waals surface area contributed by atoms with E-state index in [0.717, 1.165) is 50.8 Å². The van der Waals surface area contributed by atoms with Crippen molar-refractivity contribution in [2.75, 3.05) is 44.7 Å². The maximum atomic E-state index is 7.74. The predicted molar refractivity (Wildman–Crippen MR) is 80.2 cm³/mol. The van der Waals surface area contributed by atoms with Crippen LogP contribution in [-0.4, -0.2) is 61.2 Å². The Bertz CT molecular complexity index is 439. The van der Waals surface area contributed by atoms with Crippen LogP contribution >= 0.6 is 0 Å². The lowest BCUT2D eigenvalue weighted by Gasteiger charge is -2.26. The van der Waals surface area contributed by atoms with Crippen LogP contribution in [0.25, 0.3) is 0 Å². The zero-order chi connectivity index (χ0) is 14.2. The molecule has 0 atom stereocenters. The molecular formula is C14H21N5O. The first-order chi connectivity index (χ1) is 9.79. The lowest BCUT2D eigenvalue weighted by molar-refractivity contribution is 0.0398. The molecule has 0 radical (unpaired) electrons. The summed E-state index contributed by atoms with van der Waals surface area (Å²) in [6.45, 7) is 5.47. The summed E-state index contributed by atoms with van der Waals surface area (Å²) in [5.74, 6) is 0.824. The maximum absolute atomic E-state index is 7.74. The van der Waals surface area contributed by atoms with Crippen molar-refractivity contribution in [1.82, 2.24) is 9.88 Å². The number of anilines is 1. The largest absolute Gasteiger partial charge is 0.379 e. The topological polar surface area (TPSA) is 85.1 Å². The van der Waals surface area contributed by atoms with Gasteiger partial charge in [-0.2, -0.15) is 0 Å². The molecule has 108 valence electrons. The molecule has 20 heavy (non-hydrogen) atoms. The van der Waals surface area contributed by atoms with E-state index in [1.807, 2.05) is 12.1 Å². The highest BCUT2D eigenvalue weighted by Gasteiger charge is 2.09. The predicted octanol–water partition coefficient (Wildman–Crippen LogP) is 1.23. The molecule has 1 aliphatic rings. The quantitative estimate of drug-likeness (QED) is 0.653. The molecule has 0 aliphatic carbocycles. The van der Waals surface area contributed by atoms with Gasteiger partial charge in [0, 0.05) is 56.3 Å². The summed E-state index contributed by atoms with van der Waals surface area (Å²) in [7, 11) is 0. The molecule has 0 amide bonds. The minimum Gasteiger partial charge on any atom is -0.379 e. The van der Waals surface area contributed by atoms with Crippen LogP contribution in [-0.2, 0) is 4.74 Å². The zero-order valence-electron chi connectivity index (χ0n) is 11.6. The highest BCUT2D eigenvalue weighted by atomic mass is 16.5. The normalized spacial score (nSPS) is 15.8. The van der Waals surface area contributed by atoms with Gasteiger partial charge in [-0.05, 0) is 12.1 Å². The molecule has 0 unspecified atom stereocenters. The first-order valence-corrected chi connectivity index (χ1v) is 6.86. The number of nitrogens with one attached hydrogen (secondary N) is 3. The second kappa shape index (κ2) is 7.72. The van der Waals surface area contributed by atoms with Crippen molar-refractivity contribution >= 4 is 17.7 Å². The van der Waals surface area contributed by atoms with Crippen LogP contribution in [0.2, 0.25) is 0 Å². The Morgan fingerprint density at radius 2 is 2.20 bits per heavy atom. The fourth-order valence-corrected chi connectivity index (χ4v) is 2.06. The van der Waals surface area contributed by atoms with Crippen molar-refractivity contribution in [2.45, 2.75) is 6.42 Å². The van der Waals surface area contributed by atoms with Gasteiger partial charge in [0.25, 0.3) is 0 Å². The first-order valence-electron chi connectivity index (χ1n) is 6.86. The highest BCUT2D eigenvalue weighted by Crippen LogP contribution is 2.07. The van der Waals surface area contributed by atoms with Crippen LogP contribution in [0.3, 0.4) is 0 Å². The number of pyridine rings is 1. The third-order valence-electron chi connectivity index (χ3n) is 3.26. The van der Waals surface area contributed by atoms with Gasteiger partial charge in [-0.1, -0.05) is 0 Å². The molecule has 1 aliphatic heterocycles. The summed E-state index contributed by atoms with van der Waals surface area (Å²) in [5.41, 5.74) is 1.19. The fourth-order valence-electron chi connectivity index (χ4n) is 2.06. The molecule has 1 aromatic rings. The van der Waals surface area contributed by atoms with E-state index in [1.54, 1.807) is 6.20 Å². The molecule has 0 aromatic carbocycles. The third kappa shape index (κ3) is 4.40. The number of hydrogen-bond acceptors (Lipinski definition) is 6. The van der Waals surface area contributed by atoms with Crippen LogP contribution in [0.1, 0.15) is 12.0 Å². The van der Waals surface area contributed by atoms with Gasteiger partial charge >= 0.3 is 0 Å². The molecule has 6 nitrogen and oxygen atoms in total. The summed E-state index contributed by atoms with van der Waals surface area (Å²) in [4.78, 5) is 6.66. The van der Waals surface area contributed by atoms with Crippen LogP contribution < -0.4 is 5.32 Å². The van der Waals surface area contributed by atoms with E-state index in [0.29, 0.717) is 12.1 Å². The van der Waals surface area contributed by atoms with E-state index in [2.05, 4.69) is 15.2 Å². The number of nitrogens with zero attached hydrogens (tertiary/aromatic N) is 2. The Kier molecular flexibility index (Phi) is 5.64. The molecule has 1 saturated heterocycles. The average molecular weight is 275 g/mol. The van der Waals surface area contributed by atoms with E-state index >= 15 is 0 Å². The number of morpholine rings is 1. The van der Waals surface area contributed by atoms with Crippen LogP contribution in [0.15, 0.2) is 18.3 Å². The van der Waals surface area contributed by atoms with E-state index in [9.17, 15) is 0 Å². The maximum Gasteiger partial charge on any atom is 0.125 e. The van der Waals surface area contributed by atoms with Gasteiger partial charge in [0.15, 0.2) is 0 Å². The highest BCUT2D eigenvalue weighted by molar-refractivity contribution is 6.04. The van der Waals surface area contributed by atoms with Gasteiger partial charge in [0.05, 0.1) is 13.2 Å². The third-order valence-corrected chi connectivity index (χ3v) is 3.26. The van der Waals surface area contributed by atoms with Gasteiger partial charge in [-0.3, -0.25) is 4.90 Å². The van der Waals surface area contributed by atoms with Gasteiger partial charge < -0.3 is 20.9 Å². The Morgan fingerprint density at radius 3 is 2.85 bits per heavy atom. The molecule has 0 saturated carbocycles. The monoisotopic (exact) mass is 275 g/mol. The Labute approximate surface area is 119 Å². The smallest absolute Gasteiger partial charge is 0.125 e. The number of ether oxygens (including phenoxy) is 1. The molecule has 6 heteroatoms. The van der Waals surface area contributed by atoms with E-state index in [4.69, 9.17) is 15.6 Å². The van der Waals surface area contributed by atoms with Crippen LogP contribution in [0.5, 0.6) is 0 Å². The van der Waals surface area contributed by atoms with E-state index in [1.165, 1.54) is 6.21 Å². The Hall–Kier alpha value is -1.79. The Balaban J connectivity index is 1.75. The Morgan fingerprint density at radius 1 is 1.40 bits per heavy atom. The minimum atomic E-state index is 0.353. The first kappa shape index (κ1) is 14.6. The second-order valence-corrected chi connectivity index (χ2v) is 4.70. The van der Waals surface area contributed by atoms with Crippen molar-refractivity contribution < 1.29 is 4.74 Å². The van der Waals surface area contributed by atoms with E-state index in [-0.39, 0.29) is 0 Å². The number of rotatable bonds is 7. The summed E-state index contributed by atoms with van der Waals surface area (Å²) >= 11 is 0. The lowest BCUT2D eigenvalue weighted by Crippen LogP contribution is -2.39. The van der Waals surface area contributed by atoms with Crippen LogP contribution in [0, 0.1) is 10.8 Å². The fraction of sp³-hybridized carbons (Fsp3) is 0.500. The summed E-state index contributed by atoms with van der Waals surface area (Å²) in [5, 5.41) is 18.0. The van der Waals surface area contributed by atoms with Crippen LogP contribution in [0.4, 0.5) is 5.82 Å². The minimum absolute atomic E-state index is 0.353. The molecule has 2 heterocycles. The number of aromatic nitrogens is 1. The van der Waals surface area contributed by atoms with Gasteiger partial charge in [-0.25, -0.2) is 4.98 Å². The van der Waals surface area contributed by atoms with Crippen molar-refractivity contribution in [3.8, 4) is 0 Å². The lowest BCUT2D eigenvalue weighted by atomic mass is 10.1. The summed E-state index contributed by atoms with van der Waals surface area (Å²) < 4.78 is 5.31. The van der Waals surface area contributed by atoms with Crippen molar-refractivity contribution in [1.29, 1.82) is 10.8 Å². The van der Waals surface area contributed by atoms with E-state index < -0.39 is 0 Å². The van der Waals surface area contributed by atoms with Gasteiger partial charge in [0.1, 0.15) is 5.82 Å². The van der Waals surface area contributed by atoms with Gasteiger partial charge in [0.2, 0.25) is 0 Å². The zero-order valence-corrected chi connectivity index (χ0v) is 11.6. The molecule has 3 N–H and O–H groups in total. The SMILES string of the molecule is N=CCC(=N)c1ccc(NCCN2CCOCC2)nc1. The molecule has 2 rings (SSSR count). The second-order valence-electron chi connectivity index (χ2n) is 4.70. The molecule has 0 bridgehead atoms. The average Bonchev–Trinajstić information content (AvgIpc) is 2.49. The molecule has 0 spiro atoms. The van der Waals surface area contributed by atoms with Gasteiger partial charge in [-0.15, -0.1) is 0 Å². The van der Waals surface area contributed by atoms with Crippen molar-refractivity contribution in [3.05, 3.63) is 23.9 Å².